The van der Waals surface area contributed by atoms with Gasteiger partial charge in [-0.05, 0) is 24.6 Å². The first-order valence-corrected chi connectivity index (χ1v) is 6.72. The van der Waals surface area contributed by atoms with E-state index >= 15 is 0 Å². The highest BCUT2D eigenvalue weighted by Crippen LogP contribution is 2.27. The molecule has 0 radical (unpaired) electrons. The third-order valence-corrected chi connectivity index (χ3v) is 3.57. The van der Waals surface area contributed by atoms with E-state index in [4.69, 9.17) is 13.9 Å². The minimum absolute atomic E-state index is 0.233. The van der Waals surface area contributed by atoms with Gasteiger partial charge < -0.3 is 24.1 Å². The number of aryl methyl sites for hydroxylation is 1. The topological polar surface area (TPSA) is 89.1 Å². The fourth-order valence-corrected chi connectivity index (χ4v) is 2.53. The molecule has 3 rings (SSSR count). The molecule has 112 valence electrons. The van der Waals surface area contributed by atoms with E-state index in [1.165, 1.54) is 6.07 Å². The maximum absolute atomic E-state index is 11.4. The summed E-state index contributed by atoms with van der Waals surface area (Å²) >= 11 is 0. The Morgan fingerprint density at radius 3 is 2.95 bits per heavy atom. The number of hydrogen-bond donors (Lipinski definition) is 2. The molecular weight excluding hydrogens is 276 g/mol. The highest BCUT2D eigenvalue weighted by atomic mass is 16.6. The van der Waals surface area contributed by atoms with Crippen LogP contribution in [-0.2, 0) is 4.74 Å². The van der Waals surface area contributed by atoms with Gasteiger partial charge in [0.15, 0.2) is 6.29 Å². The lowest BCUT2D eigenvalue weighted by Gasteiger charge is -2.18. The van der Waals surface area contributed by atoms with E-state index in [2.05, 4.69) is 0 Å². The normalized spacial score (nSPS) is 25.4. The largest absolute Gasteiger partial charge is 0.487 e. The number of benzene rings is 1. The Balaban J connectivity index is 1.89. The molecule has 6 heteroatoms. The summed E-state index contributed by atoms with van der Waals surface area (Å²) in [6.45, 7) is 1.60. The highest BCUT2D eigenvalue weighted by molar-refractivity contribution is 5.81. The molecule has 1 fully saturated rings. The predicted octanol–water partition coefficient (Wildman–Crippen LogP) is 0.948. The molecular formula is C15H16O6. The molecule has 0 spiro atoms. The van der Waals surface area contributed by atoms with Crippen molar-refractivity contribution in [1.82, 2.24) is 0 Å². The zero-order chi connectivity index (χ0) is 15.0. The highest BCUT2D eigenvalue weighted by Gasteiger charge is 2.35. The van der Waals surface area contributed by atoms with Crippen LogP contribution in [0.1, 0.15) is 12.0 Å². The third kappa shape index (κ3) is 2.78. The van der Waals surface area contributed by atoms with E-state index < -0.39 is 24.1 Å². The monoisotopic (exact) mass is 292 g/mol. The van der Waals surface area contributed by atoms with Crippen LogP contribution in [0.2, 0.25) is 0 Å². The van der Waals surface area contributed by atoms with Gasteiger partial charge in [0.25, 0.3) is 0 Å². The van der Waals surface area contributed by atoms with Crippen molar-refractivity contribution in [3.63, 3.8) is 0 Å². The number of fused-ring (bicyclic) bond motifs is 1. The summed E-state index contributed by atoms with van der Waals surface area (Å²) in [5, 5.41) is 19.5. The van der Waals surface area contributed by atoms with Crippen molar-refractivity contribution in [2.24, 2.45) is 0 Å². The molecule has 0 bridgehead atoms. The third-order valence-electron chi connectivity index (χ3n) is 3.57. The van der Waals surface area contributed by atoms with E-state index in [-0.39, 0.29) is 13.0 Å². The Hall–Kier alpha value is -1.89. The van der Waals surface area contributed by atoms with Crippen molar-refractivity contribution in [3.05, 3.63) is 40.2 Å². The van der Waals surface area contributed by atoms with Crippen LogP contribution in [-0.4, -0.2) is 35.3 Å². The second-order valence-corrected chi connectivity index (χ2v) is 5.11. The van der Waals surface area contributed by atoms with Gasteiger partial charge in [-0.3, -0.25) is 0 Å². The zero-order valence-electron chi connectivity index (χ0n) is 11.5. The van der Waals surface area contributed by atoms with Crippen molar-refractivity contribution in [2.75, 3.05) is 6.61 Å². The van der Waals surface area contributed by atoms with Gasteiger partial charge in [0, 0.05) is 23.9 Å². The molecule has 3 atom stereocenters. The minimum atomic E-state index is -0.937. The quantitative estimate of drug-likeness (QED) is 0.819. The molecule has 0 saturated carbocycles. The van der Waals surface area contributed by atoms with Gasteiger partial charge in [-0.15, -0.1) is 0 Å². The van der Waals surface area contributed by atoms with Crippen molar-refractivity contribution in [1.29, 1.82) is 0 Å². The molecule has 2 N–H and O–H groups in total. The lowest BCUT2D eigenvalue weighted by atomic mass is 10.1. The number of hydrogen-bond acceptors (Lipinski definition) is 6. The molecule has 0 aliphatic carbocycles. The summed E-state index contributed by atoms with van der Waals surface area (Å²) in [6, 6.07) is 6.63. The molecule has 2 heterocycles. The van der Waals surface area contributed by atoms with Crippen LogP contribution in [0.3, 0.4) is 0 Å². The smallest absolute Gasteiger partial charge is 0.336 e. The second-order valence-electron chi connectivity index (χ2n) is 5.11. The van der Waals surface area contributed by atoms with Crippen LogP contribution in [0.4, 0.5) is 0 Å². The van der Waals surface area contributed by atoms with Gasteiger partial charge in [0.2, 0.25) is 0 Å². The van der Waals surface area contributed by atoms with Crippen molar-refractivity contribution >= 4 is 11.0 Å². The first-order valence-electron chi connectivity index (χ1n) is 6.72. The van der Waals surface area contributed by atoms with Gasteiger partial charge >= 0.3 is 5.63 Å². The summed E-state index contributed by atoms with van der Waals surface area (Å²) < 4.78 is 16.0. The number of rotatable bonds is 3. The lowest BCUT2D eigenvalue weighted by molar-refractivity contribution is -0.106. The zero-order valence-corrected chi connectivity index (χ0v) is 11.5. The molecule has 1 aliphatic rings. The van der Waals surface area contributed by atoms with Gasteiger partial charge in [-0.1, -0.05) is 0 Å². The molecule has 2 aromatic rings. The Bertz CT molecular complexity index is 707. The Kier molecular flexibility index (Phi) is 3.67. The maximum Gasteiger partial charge on any atom is 0.336 e. The molecule has 1 aromatic carbocycles. The van der Waals surface area contributed by atoms with E-state index in [0.717, 1.165) is 10.9 Å². The van der Waals surface area contributed by atoms with Crippen molar-refractivity contribution in [3.8, 4) is 5.75 Å². The summed E-state index contributed by atoms with van der Waals surface area (Å²) in [5.41, 5.74) is 0.864. The molecule has 6 nitrogen and oxygen atoms in total. The minimum Gasteiger partial charge on any atom is -0.487 e. The Morgan fingerprint density at radius 1 is 1.38 bits per heavy atom. The van der Waals surface area contributed by atoms with Crippen LogP contribution in [0, 0.1) is 6.92 Å². The summed E-state index contributed by atoms with van der Waals surface area (Å²) in [7, 11) is 0. The number of aliphatic hydroxyl groups is 2. The van der Waals surface area contributed by atoms with Crippen molar-refractivity contribution < 1.29 is 24.1 Å². The Morgan fingerprint density at radius 2 is 2.19 bits per heavy atom. The predicted molar refractivity (Wildman–Crippen MR) is 74.2 cm³/mol. The lowest BCUT2D eigenvalue weighted by Crippen LogP contribution is -2.30. The SMILES string of the molecule is Cc1cc(=O)oc2cc(O[C@H]3C[C@H](O)O[C@@H]3CO)ccc12. The maximum atomic E-state index is 11.4. The summed E-state index contributed by atoms with van der Waals surface area (Å²) in [5.74, 6) is 0.498. The first-order chi connectivity index (χ1) is 10.1. The van der Waals surface area contributed by atoms with Crippen LogP contribution in [0.25, 0.3) is 11.0 Å². The number of aliphatic hydroxyl groups excluding tert-OH is 2. The van der Waals surface area contributed by atoms with Crippen LogP contribution >= 0.6 is 0 Å². The van der Waals surface area contributed by atoms with E-state index in [1.807, 2.05) is 13.0 Å². The fraction of sp³-hybridized carbons (Fsp3) is 0.400. The molecule has 21 heavy (non-hydrogen) atoms. The summed E-state index contributed by atoms with van der Waals surface area (Å²) in [6.07, 6.45) is -1.67. The molecule has 1 aliphatic heterocycles. The molecule has 1 aromatic heterocycles. The Labute approximate surface area is 120 Å². The van der Waals surface area contributed by atoms with Gasteiger partial charge in [-0.2, -0.15) is 0 Å². The van der Waals surface area contributed by atoms with Gasteiger partial charge in [0.1, 0.15) is 23.5 Å². The van der Waals surface area contributed by atoms with Gasteiger partial charge in [0.05, 0.1) is 6.61 Å². The average molecular weight is 292 g/mol. The van der Waals surface area contributed by atoms with Crippen LogP contribution < -0.4 is 10.4 Å². The molecule has 0 amide bonds. The van der Waals surface area contributed by atoms with Crippen LogP contribution in [0.15, 0.2) is 33.5 Å². The molecule has 1 saturated heterocycles. The standard InChI is InChI=1S/C15H16O6/c1-8-4-14(17)20-11-5-9(2-3-10(8)11)19-12-6-15(18)21-13(12)7-16/h2-5,12-13,15-16,18H,6-7H2,1H3/t12-,13+,15+/m0/s1. The fourth-order valence-electron chi connectivity index (χ4n) is 2.53. The van der Waals surface area contributed by atoms with E-state index in [9.17, 15) is 15.0 Å². The summed E-state index contributed by atoms with van der Waals surface area (Å²) in [4.78, 5) is 11.4. The average Bonchev–Trinajstić information content (AvgIpc) is 2.78. The molecule has 0 unspecified atom stereocenters. The van der Waals surface area contributed by atoms with Crippen molar-refractivity contribution in [2.45, 2.75) is 31.8 Å². The van der Waals surface area contributed by atoms with Crippen LogP contribution in [0.5, 0.6) is 5.75 Å². The van der Waals surface area contributed by atoms with E-state index in [1.54, 1.807) is 12.1 Å². The number of ether oxygens (including phenoxy) is 2. The van der Waals surface area contributed by atoms with Gasteiger partial charge in [-0.25, -0.2) is 4.79 Å². The first kappa shape index (κ1) is 14.1. The second kappa shape index (κ2) is 5.48. The van der Waals surface area contributed by atoms with E-state index in [0.29, 0.717) is 11.3 Å².